The SMILES string of the molecule is COc1cc2ncnc(N3CCN(C=S)CC3)c2cc1OC. The van der Waals surface area contributed by atoms with E-state index in [0.717, 1.165) is 42.9 Å². The minimum Gasteiger partial charge on any atom is -0.493 e. The zero-order valence-electron chi connectivity index (χ0n) is 12.7. The lowest BCUT2D eigenvalue weighted by atomic mass is 10.2. The molecule has 0 bridgehead atoms. The summed E-state index contributed by atoms with van der Waals surface area (Å²) in [5.74, 6) is 2.28. The first-order chi connectivity index (χ1) is 10.8. The third kappa shape index (κ3) is 2.64. The van der Waals surface area contributed by atoms with Crippen LogP contribution in [0.25, 0.3) is 10.9 Å². The Morgan fingerprint density at radius 2 is 1.73 bits per heavy atom. The zero-order chi connectivity index (χ0) is 15.5. The molecule has 1 saturated heterocycles. The van der Waals surface area contributed by atoms with E-state index in [4.69, 9.17) is 21.7 Å². The smallest absolute Gasteiger partial charge is 0.162 e. The molecule has 7 heteroatoms. The summed E-state index contributed by atoms with van der Waals surface area (Å²) >= 11 is 4.99. The minimum absolute atomic E-state index is 0.671. The zero-order valence-corrected chi connectivity index (χ0v) is 13.5. The van der Waals surface area contributed by atoms with Crippen molar-refractivity contribution in [3.63, 3.8) is 0 Å². The van der Waals surface area contributed by atoms with Gasteiger partial charge in [0.25, 0.3) is 0 Å². The number of hydrogen-bond donors (Lipinski definition) is 0. The first-order valence-electron chi connectivity index (χ1n) is 7.08. The van der Waals surface area contributed by atoms with Crippen molar-refractivity contribution in [2.45, 2.75) is 0 Å². The number of anilines is 1. The van der Waals surface area contributed by atoms with Gasteiger partial charge >= 0.3 is 0 Å². The van der Waals surface area contributed by atoms with Crippen molar-refractivity contribution < 1.29 is 9.47 Å². The van der Waals surface area contributed by atoms with E-state index in [2.05, 4.69) is 19.8 Å². The number of hydrogen-bond acceptors (Lipinski definition) is 6. The van der Waals surface area contributed by atoms with Crippen LogP contribution in [0.15, 0.2) is 18.5 Å². The van der Waals surface area contributed by atoms with Crippen LogP contribution in [0.3, 0.4) is 0 Å². The molecule has 2 aromatic rings. The molecule has 0 N–H and O–H groups in total. The van der Waals surface area contributed by atoms with Gasteiger partial charge < -0.3 is 19.3 Å². The molecule has 3 rings (SSSR count). The van der Waals surface area contributed by atoms with Crippen LogP contribution in [0.4, 0.5) is 5.82 Å². The van der Waals surface area contributed by atoms with E-state index in [9.17, 15) is 0 Å². The maximum Gasteiger partial charge on any atom is 0.162 e. The quantitative estimate of drug-likeness (QED) is 0.796. The lowest BCUT2D eigenvalue weighted by molar-refractivity contribution is 0.355. The third-order valence-corrected chi connectivity index (χ3v) is 4.18. The van der Waals surface area contributed by atoms with Gasteiger partial charge in [-0.15, -0.1) is 0 Å². The van der Waals surface area contributed by atoms with Crippen LogP contribution in [0, 0.1) is 0 Å². The van der Waals surface area contributed by atoms with Crippen molar-refractivity contribution in [3.8, 4) is 11.5 Å². The van der Waals surface area contributed by atoms with Gasteiger partial charge in [0, 0.05) is 37.6 Å². The Morgan fingerprint density at radius 3 is 2.36 bits per heavy atom. The maximum atomic E-state index is 5.40. The number of rotatable bonds is 4. The van der Waals surface area contributed by atoms with Crippen molar-refractivity contribution in [1.82, 2.24) is 14.9 Å². The number of piperazine rings is 1. The second-order valence-electron chi connectivity index (χ2n) is 5.05. The Bertz CT molecular complexity index is 687. The van der Waals surface area contributed by atoms with Crippen molar-refractivity contribution >= 4 is 34.4 Å². The Kier molecular flexibility index (Phi) is 4.24. The molecule has 2 heterocycles. The molecular weight excluding hydrogens is 300 g/mol. The second kappa shape index (κ2) is 6.31. The number of ether oxygens (including phenoxy) is 2. The monoisotopic (exact) mass is 318 g/mol. The minimum atomic E-state index is 0.671. The summed E-state index contributed by atoms with van der Waals surface area (Å²) in [6, 6.07) is 3.82. The first-order valence-corrected chi connectivity index (χ1v) is 7.55. The highest BCUT2D eigenvalue weighted by molar-refractivity contribution is 7.78. The number of benzene rings is 1. The molecule has 6 nitrogen and oxygen atoms in total. The fourth-order valence-corrected chi connectivity index (χ4v) is 2.87. The molecule has 0 atom stereocenters. The second-order valence-corrected chi connectivity index (χ2v) is 5.26. The molecule has 0 radical (unpaired) electrons. The van der Waals surface area contributed by atoms with Gasteiger partial charge in [-0.25, -0.2) is 9.97 Å². The molecule has 0 amide bonds. The van der Waals surface area contributed by atoms with Crippen molar-refractivity contribution in [1.29, 1.82) is 0 Å². The molecule has 116 valence electrons. The van der Waals surface area contributed by atoms with E-state index >= 15 is 0 Å². The molecule has 0 saturated carbocycles. The number of thiocarbonyl (C=S) groups is 1. The molecule has 1 aliphatic heterocycles. The average Bonchev–Trinajstić information content (AvgIpc) is 2.60. The van der Waals surface area contributed by atoms with Crippen molar-refractivity contribution in [2.24, 2.45) is 0 Å². The fourth-order valence-electron chi connectivity index (χ4n) is 2.66. The Morgan fingerprint density at radius 1 is 1.05 bits per heavy atom. The Hall–Kier alpha value is -2.15. The third-order valence-electron chi connectivity index (χ3n) is 3.88. The highest BCUT2D eigenvalue weighted by Crippen LogP contribution is 2.34. The summed E-state index contributed by atoms with van der Waals surface area (Å²) < 4.78 is 10.7. The molecule has 0 spiro atoms. The van der Waals surface area contributed by atoms with Crippen LogP contribution in [-0.2, 0) is 0 Å². The van der Waals surface area contributed by atoms with Gasteiger partial charge in [-0.3, -0.25) is 0 Å². The summed E-state index contributed by atoms with van der Waals surface area (Å²) in [4.78, 5) is 13.2. The molecule has 1 aliphatic rings. The van der Waals surface area contributed by atoms with E-state index in [1.54, 1.807) is 26.0 Å². The molecule has 1 aromatic heterocycles. The summed E-state index contributed by atoms with van der Waals surface area (Å²) in [5, 5.41) is 0.968. The topological polar surface area (TPSA) is 50.7 Å². The molecule has 1 fully saturated rings. The fraction of sp³-hybridized carbons (Fsp3) is 0.400. The Balaban J connectivity index is 2.01. The average molecular weight is 318 g/mol. The summed E-state index contributed by atoms with van der Waals surface area (Å²) in [7, 11) is 3.25. The van der Waals surface area contributed by atoms with E-state index in [-0.39, 0.29) is 0 Å². The first kappa shape index (κ1) is 14.8. The van der Waals surface area contributed by atoms with Gasteiger partial charge in [0.15, 0.2) is 11.5 Å². The number of fused-ring (bicyclic) bond motifs is 1. The Labute approximate surface area is 134 Å². The predicted molar refractivity (Wildman–Crippen MR) is 90.1 cm³/mol. The highest BCUT2D eigenvalue weighted by Gasteiger charge is 2.19. The van der Waals surface area contributed by atoms with Gasteiger partial charge in [0.2, 0.25) is 0 Å². The van der Waals surface area contributed by atoms with Crippen LogP contribution in [0.5, 0.6) is 11.5 Å². The predicted octanol–water partition coefficient (Wildman–Crippen LogP) is 1.73. The van der Waals surface area contributed by atoms with E-state index in [0.29, 0.717) is 11.5 Å². The molecule has 22 heavy (non-hydrogen) atoms. The highest BCUT2D eigenvalue weighted by atomic mass is 32.1. The van der Waals surface area contributed by atoms with E-state index in [1.165, 1.54) is 0 Å². The van der Waals surface area contributed by atoms with E-state index in [1.807, 2.05) is 12.1 Å². The lowest BCUT2D eigenvalue weighted by Gasteiger charge is -2.34. The summed E-state index contributed by atoms with van der Waals surface area (Å²) in [6.07, 6.45) is 1.59. The van der Waals surface area contributed by atoms with Gasteiger partial charge in [0.05, 0.1) is 25.2 Å². The normalized spacial score (nSPS) is 15.0. The molecule has 0 aliphatic carbocycles. The molecular formula is C15H18N4O2S. The largest absolute Gasteiger partial charge is 0.493 e. The summed E-state index contributed by atoms with van der Waals surface area (Å²) in [5.41, 5.74) is 2.57. The van der Waals surface area contributed by atoms with Gasteiger partial charge in [0.1, 0.15) is 12.1 Å². The standard InChI is InChI=1S/C15H18N4O2S/c1-20-13-7-11-12(8-14(13)21-2)16-9-17-15(11)19-5-3-18(10-22)4-6-19/h7-10H,3-6H2,1-2H3. The van der Waals surface area contributed by atoms with Crippen LogP contribution in [0.1, 0.15) is 0 Å². The summed E-state index contributed by atoms with van der Waals surface area (Å²) in [6.45, 7) is 3.58. The van der Waals surface area contributed by atoms with Gasteiger partial charge in [-0.05, 0) is 6.07 Å². The maximum absolute atomic E-state index is 5.40. The lowest BCUT2D eigenvalue weighted by Crippen LogP contribution is -2.45. The van der Waals surface area contributed by atoms with Gasteiger partial charge in [-0.2, -0.15) is 0 Å². The van der Waals surface area contributed by atoms with Gasteiger partial charge in [-0.1, -0.05) is 12.2 Å². The van der Waals surface area contributed by atoms with Crippen LogP contribution < -0.4 is 14.4 Å². The number of methoxy groups -OCH3 is 2. The van der Waals surface area contributed by atoms with Crippen LogP contribution >= 0.6 is 12.2 Å². The van der Waals surface area contributed by atoms with E-state index < -0.39 is 0 Å². The van der Waals surface area contributed by atoms with Crippen LogP contribution in [-0.4, -0.2) is 60.8 Å². The van der Waals surface area contributed by atoms with Crippen molar-refractivity contribution in [2.75, 3.05) is 45.3 Å². The number of nitrogens with zero attached hydrogens (tertiary/aromatic N) is 4. The molecule has 0 unspecified atom stereocenters. The molecule has 1 aromatic carbocycles. The van der Waals surface area contributed by atoms with Crippen molar-refractivity contribution in [3.05, 3.63) is 18.5 Å². The van der Waals surface area contributed by atoms with Crippen LogP contribution in [0.2, 0.25) is 0 Å². The number of aromatic nitrogens is 2.